The van der Waals surface area contributed by atoms with Crippen LogP contribution in [0.4, 0.5) is 11.4 Å². The van der Waals surface area contributed by atoms with E-state index in [9.17, 15) is 13.2 Å². The van der Waals surface area contributed by atoms with Gasteiger partial charge in [0, 0.05) is 13.1 Å². The third kappa shape index (κ3) is 4.89. The number of hydrogen-bond acceptors (Lipinski definition) is 6. The number of methoxy groups -OCH3 is 2. The van der Waals surface area contributed by atoms with Crippen molar-refractivity contribution in [3.8, 4) is 11.6 Å². The highest BCUT2D eigenvalue weighted by molar-refractivity contribution is 7.92. The third-order valence-electron chi connectivity index (χ3n) is 4.48. The zero-order chi connectivity index (χ0) is 22.6. The zero-order valence-corrected chi connectivity index (χ0v) is 18.6. The summed E-state index contributed by atoms with van der Waals surface area (Å²) in [5.41, 5.74) is 0.859. The molecule has 8 nitrogen and oxygen atoms in total. The van der Waals surface area contributed by atoms with Gasteiger partial charge in [0.25, 0.3) is 15.9 Å². The van der Waals surface area contributed by atoms with E-state index in [0.29, 0.717) is 23.0 Å². The molecule has 2 aromatic carbocycles. The van der Waals surface area contributed by atoms with Gasteiger partial charge in [-0.15, -0.1) is 0 Å². The van der Waals surface area contributed by atoms with Crippen molar-refractivity contribution in [2.45, 2.75) is 4.90 Å². The molecule has 0 saturated carbocycles. The minimum Gasteiger partial charge on any atom is -0.497 e. The van der Waals surface area contributed by atoms with Crippen LogP contribution in [-0.2, 0) is 10.0 Å². The Morgan fingerprint density at radius 1 is 1.03 bits per heavy atom. The van der Waals surface area contributed by atoms with Crippen LogP contribution in [0.5, 0.6) is 11.6 Å². The van der Waals surface area contributed by atoms with Crippen LogP contribution in [0.25, 0.3) is 0 Å². The van der Waals surface area contributed by atoms with Gasteiger partial charge in [0.1, 0.15) is 5.75 Å². The third-order valence-corrected chi connectivity index (χ3v) is 6.59. The largest absolute Gasteiger partial charge is 0.497 e. The standard InChI is InChI=1S/C21H20ClN3O5S/c1-25(15-5-7-16(29-2)8-6-15)31(27,28)17-9-10-19(22)18(12-17)21(26)24-14-4-11-20(30-3)23-13-14/h4-13H,1-3H3,(H,24,26). The number of benzene rings is 2. The van der Waals surface area contributed by atoms with Gasteiger partial charge in [-0.3, -0.25) is 9.10 Å². The van der Waals surface area contributed by atoms with Crippen molar-refractivity contribution in [3.05, 3.63) is 71.4 Å². The first kappa shape index (κ1) is 22.4. The van der Waals surface area contributed by atoms with E-state index in [1.165, 1.54) is 45.7 Å². The second kappa shape index (κ2) is 9.23. The second-order valence-corrected chi connectivity index (χ2v) is 8.73. The Morgan fingerprint density at radius 2 is 1.74 bits per heavy atom. The number of hydrogen-bond donors (Lipinski definition) is 1. The van der Waals surface area contributed by atoms with E-state index in [4.69, 9.17) is 21.1 Å². The normalized spacial score (nSPS) is 11.0. The molecule has 0 spiro atoms. The number of nitrogens with zero attached hydrogens (tertiary/aromatic N) is 2. The number of sulfonamides is 1. The predicted octanol–water partition coefficient (Wildman–Crippen LogP) is 3.83. The summed E-state index contributed by atoms with van der Waals surface area (Å²) in [5.74, 6) is 0.430. The highest BCUT2D eigenvalue weighted by Gasteiger charge is 2.24. The molecule has 1 N–H and O–H groups in total. The number of ether oxygens (including phenoxy) is 2. The Morgan fingerprint density at radius 3 is 2.32 bits per heavy atom. The molecule has 162 valence electrons. The molecule has 10 heteroatoms. The van der Waals surface area contributed by atoms with E-state index in [0.717, 1.165) is 4.31 Å². The van der Waals surface area contributed by atoms with Crippen LogP contribution in [0.15, 0.2) is 65.7 Å². The number of nitrogens with one attached hydrogen (secondary N) is 1. The van der Waals surface area contributed by atoms with Crippen molar-refractivity contribution in [3.63, 3.8) is 0 Å². The lowest BCUT2D eigenvalue weighted by Gasteiger charge is -2.20. The van der Waals surface area contributed by atoms with Crippen LogP contribution < -0.4 is 19.1 Å². The monoisotopic (exact) mass is 461 g/mol. The Balaban J connectivity index is 1.88. The van der Waals surface area contributed by atoms with Crippen molar-refractivity contribution >= 4 is 38.9 Å². The Labute approximate surface area is 185 Å². The first-order valence-corrected chi connectivity index (χ1v) is 10.8. The maximum Gasteiger partial charge on any atom is 0.264 e. The number of aromatic nitrogens is 1. The average Bonchev–Trinajstić information content (AvgIpc) is 2.79. The second-order valence-electron chi connectivity index (χ2n) is 6.36. The average molecular weight is 462 g/mol. The minimum absolute atomic E-state index is 0.0155. The summed E-state index contributed by atoms with van der Waals surface area (Å²) in [6, 6.07) is 13.7. The molecule has 0 aliphatic rings. The van der Waals surface area contributed by atoms with E-state index < -0.39 is 15.9 Å². The summed E-state index contributed by atoms with van der Waals surface area (Å²) in [6.45, 7) is 0. The van der Waals surface area contributed by atoms with Crippen LogP contribution in [0.1, 0.15) is 10.4 Å². The fraction of sp³-hybridized carbons (Fsp3) is 0.143. The fourth-order valence-electron chi connectivity index (χ4n) is 2.70. The van der Waals surface area contributed by atoms with Gasteiger partial charge in [-0.2, -0.15) is 0 Å². The Hall–Kier alpha value is -3.30. The number of halogens is 1. The molecular formula is C21H20ClN3O5S. The van der Waals surface area contributed by atoms with Crippen molar-refractivity contribution in [2.75, 3.05) is 30.9 Å². The molecule has 0 unspecified atom stereocenters. The number of amides is 1. The van der Waals surface area contributed by atoms with Crippen LogP contribution in [0.3, 0.4) is 0 Å². The smallest absolute Gasteiger partial charge is 0.264 e. The SMILES string of the molecule is COc1ccc(N(C)S(=O)(=O)c2ccc(Cl)c(C(=O)Nc3ccc(OC)nc3)c2)cc1. The maximum atomic E-state index is 13.1. The van der Waals surface area contributed by atoms with Gasteiger partial charge in [-0.1, -0.05) is 11.6 Å². The molecule has 1 amide bonds. The van der Waals surface area contributed by atoms with Crippen LogP contribution in [0.2, 0.25) is 5.02 Å². The molecule has 0 radical (unpaired) electrons. The molecule has 3 rings (SSSR count). The molecule has 1 heterocycles. The lowest BCUT2D eigenvalue weighted by Crippen LogP contribution is -2.27. The van der Waals surface area contributed by atoms with Gasteiger partial charge >= 0.3 is 0 Å². The minimum atomic E-state index is -3.94. The van der Waals surface area contributed by atoms with Gasteiger partial charge < -0.3 is 14.8 Å². The summed E-state index contributed by atoms with van der Waals surface area (Å²) >= 11 is 6.17. The number of carbonyl (C=O) groups excluding carboxylic acids is 1. The summed E-state index contributed by atoms with van der Waals surface area (Å²) in [7, 11) is 0.491. The number of carbonyl (C=O) groups is 1. The van der Waals surface area contributed by atoms with E-state index in [1.54, 1.807) is 36.4 Å². The van der Waals surface area contributed by atoms with Gasteiger partial charge in [-0.05, 0) is 48.5 Å². The van der Waals surface area contributed by atoms with Crippen molar-refractivity contribution in [1.29, 1.82) is 0 Å². The fourth-order valence-corrected chi connectivity index (χ4v) is 4.13. The van der Waals surface area contributed by atoms with Crippen LogP contribution in [-0.4, -0.2) is 40.6 Å². The molecule has 0 bridgehead atoms. The van der Waals surface area contributed by atoms with Gasteiger partial charge in [0.2, 0.25) is 5.88 Å². The van der Waals surface area contributed by atoms with Crippen molar-refractivity contribution < 1.29 is 22.7 Å². The molecule has 0 atom stereocenters. The molecular weight excluding hydrogens is 442 g/mol. The zero-order valence-electron chi connectivity index (χ0n) is 17.0. The van der Waals surface area contributed by atoms with E-state index in [2.05, 4.69) is 10.3 Å². The number of rotatable bonds is 7. The molecule has 3 aromatic rings. The quantitative estimate of drug-likeness (QED) is 0.574. The Bertz CT molecular complexity index is 1180. The highest BCUT2D eigenvalue weighted by Crippen LogP contribution is 2.27. The summed E-state index contributed by atoms with van der Waals surface area (Å²) in [6.07, 6.45) is 1.42. The van der Waals surface area contributed by atoms with E-state index in [1.807, 2.05) is 0 Å². The van der Waals surface area contributed by atoms with Crippen molar-refractivity contribution in [2.24, 2.45) is 0 Å². The number of pyridine rings is 1. The molecule has 0 fully saturated rings. The number of anilines is 2. The summed E-state index contributed by atoms with van der Waals surface area (Å²) < 4.78 is 37.4. The predicted molar refractivity (Wildman–Crippen MR) is 119 cm³/mol. The first-order chi connectivity index (χ1) is 14.8. The summed E-state index contributed by atoms with van der Waals surface area (Å²) in [4.78, 5) is 16.6. The lowest BCUT2D eigenvalue weighted by molar-refractivity contribution is 0.102. The molecule has 1 aromatic heterocycles. The molecule has 31 heavy (non-hydrogen) atoms. The lowest BCUT2D eigenvalue weighted by atomic mass is 10.2. The van der Waals surface area contributed by atoms with E-state index in [-0.39, 0.29) is 15.5 Å². The van der Waals surface area contributed by atoms with Gasteiger partial charge in [0.05, 0.1) is 47.3 Å². The highest BCUT2D eigenvalue weighted by atomic mass is 35.5. The molecule has 0 aliphatic carbocycles. The van der Waals surface area contributed by atoms with Crippen molar-refractivity contribution in [1.82, 2.24) is 4.98 Å². The Kier molecular flexibility index (Phi) is 6.67. The van der Waals surface area contributed by atoms with Crippen LogP contribution >= 0.6 is 11.6 Å². The molecule has 0 aliphatic heterocycles. The van der Waals surface area contributed by atoms with Crippen LogP contribution in [0, 0.1) is 0 Å². The molecule has 0 saturated heterocycles. The van der Waals surface area contributed by atoms with Gasteiger partial charge in [-0.25, -0.2) is 13.4 Å². The summed E-state index contributed by atoms with van der Waals surface area (Å²) in [5, 5.41) is 2.75. The van der Waals surface area contributed by atoms with Gasteiger partial charge in [0.15, 0.2) is 0 Å². The maximum absolute atomic E-state index is 13.1. The topological polar surface area (TPSA) is 97.8 Å². The first-order valence-electron chi connectivity index (χ1n) is 9.00. The van der Waals surface area contributed by atoms with E-state index >= 15 is 0 Å².